The fraction of sp³-hybridized carbons (Fsp3) is 1.00. The molecule has 1 spiro atoms. The van der Waals surface area contributed by atoms with Crippen molar-refractivity contribution < 1.29 is 5.11 Å². The number of aliphatic hydroxyl groups is 1. The van der Waals surface area contributed by atoms with E-state index in [1.54, 1.807) is 0 Å². The average Bonchev–Trinajstić information content (AvgIpc) is 2.98. The maximum atomic E-state index is 9.57. The first-order valence-electron chi connectivity index (χ1n) is 7.26. The minimum absolute atomic E-state index is 0.0916. The van der Waals surface area contributed by atoms with Crippen LogP contribution in [0.15, 0.2) is 0 Å². The van der Waals surface area contributed by atoms with Gasteiger partial charge in [0.1, 0.15) is 0 Å². The van der Waals surface area contributed by atoms with Crippen molar-refractivity contribution in [1.29, 1.82) is 0 Å². The Morgan fingerprint density at radius 1 is 1.29 bits per heavy atom. The summed E-state index contributed by atoms with van der Waals surface area (Å²) in [5.41, 5.74) is 6.86. The lowest BCUT2D eigenvalue weighted by Gasteiger charge is -2.40. The van der Waals surface area contributed by atoms with E-state index < -0.39 is 0 Å². The third-order valence-electron chi connectivity index (χ3n) is 6.33. The van der Waals surface area contributed by atoms with E-state index in [4.69, 9.17) is 5.73 Å². The summed E-state index contributed by atoms with van der Waals surface area (Å²) in [7, 11) is 0. The molecule has 2 aliphatic carbocycles. The van der Waals surface area contributed by atoms with E-state index in [-0.39, 0.29) is 5.41 Å². The standard InChI is InChI=1S/C15H29NO/c1-4-13(2,3)12-5-7-14(8-6-12)9-15(14,10-16)11-17/h12,17H,4-11,16H2,1-3H3. The summed E-state index contributed by atoms with van der Waals surface area (Å²) < 4.78 is 0. The van der Waals surface area contributed by atoms with Gasteiger partial charge in [-0.1, -0.05) is 27.2 Å². The minimum Gasteiger partial charge on any atom is -0.396 e. The molecule has 2 heteroatoms. The van der Waals surface area contributed by atoms with E-state index in [1.165, 1.54) is 38.5 Å². The summed E-state index contributed by atoms with van der Waals surface area (Å²) in [6.45, 7) is 8.09. The highest BCUT2D eigenvalue weighted by Gasteiger charge is 2.66. The van der Waals surface area contributed by atoms with Crippen LogP contribution in [0.25, 0.3) is 0 Å². The zero-order valence-electron chi connectivity index (χ0n) is 11.8. The van der Waals surface area contributed by atoms with Crippen LogP contribution in [0.3, 0.4) is 0 Å². The monoisotopic (exact) mass is 239 g/mol. The van der Waals surface area contributed by atoms with Crippen LogP contribution in [0.5, 0.6) is 0 Å². The summed E-state index contributed by atoms with van der Waals surface area (Å²) >= 11 is 0. The molecule has 0 radical (unpaired) electrons. The molecule has 3 N–H and O–H groups in total. The smallest absolute Gasteiger partial charge is 0.0505 e. The summed E-state index contributed by atoms with van der Waals surface area (Å²) in [6.07, 6.45) is 7.70. The van der Waals surface area contributed by atoms with Gasteiger partial charge in [-0.3, -0.25) is 0 Å². The van der Waals surface area contributed by atoms with Gasteiger partial charge in [-0.25, -0.2) is 0 Å². The molecular weight excluding hydrogens is 210 g/mol. The number of rotatable bonds is 4. The van der Waals surface area contributed by atoms with E-state index >= 15 is 0 Å². The van der Waals surface area contributed by atoms with Crippen molar-refractivity contribution in [3.8, 4) is 0 Å². The van der Waals surface area contributed by atoms with Crippen molar-refractivity contribution in [1.82, 2.24) is 0 Å². The van der Waals surface area contributed by atoms with Crippen LogP contribution in [0.4, 0.5) is 0 Å². The molecule has 0 aliphatic heterocycles. The second-order valence-corrected chi connectivity index (χ2v) is 7.22. The highest BCUT2D eigenvalue weighted by molar-refractivity contribution is 5.16. The molecule has 2 saturated carbocycles. The van der Waals surface area contributed by atoms with Gasteiger partial charge in [-0.05, 0) is 48.9 Å². The van der Waals surface area contributed by atoms with Crippen molar-refractivity contribution in [3.05, 3.63) is 0 Å². The number of nitrogens with two attached hydrogens (primary N) is 1. The van der Waals surface area contributed by atoms with Gasteiger partial charge in [0.05, 0.1) is 6.61 Å². The van der Waals surface area contributed by atoms with Crippen molar-refractivity contribution in [2.75, 3.05) is 13.2 Å². The third-order valence-corrected chi connectivity index (χ3v) is 6.33. The Bertz CT molecular complexity index is 273. The van der Waals surface area contributed by atoms with Crippen LogP contribution in [0.2, 0.25) is 0 Å². The fourth-order valence-electron chi connectivity index (χ4n) is 4.13. The SMILES string of the molecule is CCC(C)(C)C1CCC2(CC1)CC2(CN)CO. The number of hydrogen-bond donors (Lipinski definition) is 2. The molecule has 1 unspecified atom stereocenters. The average molecular weight is 239 g/mol. The quantitative estimate of drug-likeness (QED) is 0.792. The molecular formula is C15H29NO. The highest BCUT2D eigenvalue weighted by Crippen LogP contribution is 2.70. The molecule has 2 aliphatic rings. The van der Waals surface area contributed by atoms with Crippen LogP contribution >= 0.6 is 0 Å². The third kappa shape index (κ3) is 1.94. The minimum atomic E-state index is 0.0916. The highest BCUT2D eigenvalue weighted by atomic mass is 16.3. The summed E-state index contributed by atoms with van der Waals surface area (Å²) in [4.78, 5) is 0. The second-order valence-electron chi connectivity index (χ2n) is 7.22. The van der Waals surface area contributed by atoms with E-state index in [0.717, 1.165) is 5.92 Å². The lowest BCUT2D eigenvalue weighted by molar-refractivity contribution is 0.0866. The van der Waals surface area contributed by atoms with Crippen molar-refractivity contribution in [3.63, 3.8) is 0 Å². The van der Waals surface area contributed by atoms with Crippen molar-refractivity contribution >= 4 is 0 Å². The molecule has 2 rings (SSSR count). The van der Waals surface area contributed by atoms with Gasteiger partial charge in [0.2, 0.25) is 0 Å². The molecule has 2 nitrogen and oxygen atoms in total. The van der Waals surface area contributed by atoms with E-state index in [9.17, 15) is 5.11 Å². The van der Waals surface area contributed by atoms with Gasteiger partial charge in [0, 0.05) is 12.0 Å². The predicted molar refractivity (Wildman–Crippen MR) is 71.7 cm³/mol. The lowest BCUT2D eigenvalue weighted by atomic mass is 9.65. The molecule has 1 atom stereocenters. The van der Waals surface area contributed by atoms with Crippen LogP contribution in [-0.4, -0.2) is 18.3 Å². The van der Waals surface area contributed by atoms with Crippen LogP contribution < -0.4 is 5.73 Å². The summed E-state index contributed by atoms with van der Waals surface area (Å²) in [6, 6.07) is 0. The molecule has 0 saturated heterocycles. The predicted octanol–water partition coefficient (Wildman–Crippen LogP) is 2.94. The van der Waals surface area contributed by atoms with Crippen molar-refractivity contribution in [2.45, 2.75) is 59.3 Å². The molecule has 0 aromatic rings. The number of hydrogen-bond acceptors (Lipinski definition) is 2. The zero-order chi connectivity index (χ0) is 12.7. The normalized spacial score (nSPS) is 41.8. The molecule has 0 aromatic heterocycles. The van der Waals surface area contributed by atoms with E-state index in [2.05, 4.69) is 20.8 Å². The molecule has 0 aromatic carbocycles. The second kappa shape index (κ2) is 4.24. The molecule has 0 amide bonds. The molecule has 100 valence electrons. The topological polar surface area (TPSA) is 46.2 Å². The maximum Gasteiger partial charge on any atom is 0.0505 e. The van der Waals surface area contributed by atoms with Gasteiger partial charge in [0.15, 0.2) is 0 Å². The molecule has 17 heavy (non-hydrogen) atoms. The first kappa shape index (κ1) is 13.4. The molecule has 0 heterocycles. The van der Waals surface area contributed by atoms with Gasteiger partial charge in [-0.2, -0.15) is 0 Å². The fourth-order valence-corrected chi connectivity index (χ4v) is 4.13. The van der Waals surface area contributed by atoms with Gasteiger partial charge in [-0.15, -0.1) is 0 Å². The Hall–Kier alpha value is -0.0800. The first-order valence-corrected chi connectivity index (χ1v) is 7.26. The van der Waals surface area contributed by atoms with E-state index in [0.29, 0.717) is 24.0 Å². The van der Waals surface area contributed by atoms with Crippen molar-refractivity contribution in [2.24, 2.45) is 27.9 Å². The number of aliphatic hydroxyl groups excluding tert-OH is 1. The molecule has 2 fully saturated rings. The van der Waals surface area contributed by atoms with Crippen LogP contribution in [-0.2, 0) is 0 Å². The van der Waals surface area contributed by atoms with Crippen LogP contribution in [0.1, 0.15) is 59.3 Å². The Balaban J connectivity index is 1.96. The maximum absolute atomic E-state index is 9.57. The zero-order valence-corrected chi connectivity index (χ0v) is 11.8. The first-order chi connectivity index (χ1) is 7.95. The van der Waals surface area contributed by atoms with Crippen LogP contribution in [0, 0.1) is 22.2 Å². The van der Waals surface area contributed by atoms with E-state index in [1.807, 2.05) is 0 Å². The lowest BCUT2D eigenvalue weighted by Crippen LogP contribution is -2.33. The van der Waals surface area contributed by atoms with Gasteiger partial charge >= 0.3 is 0 Å². The summed E-state index contributed by atoms with van der Waals surface area (Å²) in [5.74, 6) is 0.868. The molecule has 0 bridgehead atoms. The van der Waals surface area contributed by atoms with Gasteiger partial charge < -0.3 is 10.8 Å². The van der Waals surface area contributed by atoms with Gasteiger partial charge in [0.25, 0.3) is 0 Å². The Kier molecular flexibility index (Phi) is 3.33. The Morgan fingerprint density at radius 2 is 1.88 bits per heavy atom. The summed E-state index contributed by atoms with van der Waals surface area (Å²) in [5, 5.41) is 9.57. The Morgan fingerprint density at radius 3 is 2.24 bits per heavy atom. The Labute approximate surface area is 106 Å². The largest absolute Gasteiger partial charge is 0.396 e.